The fourth-order valence-corrected chi connectivity index (χ4v) is 3.03. The van der Waals surface area contributed by atoms with Crippen LogP contribution in [0.15, 0.2) is 23.6 Å². The summed E-state index contributed by atoms with van der Waals surface area (Å²) in [6.45, 7) is 9.00. The molecule has 5 heteroatoms. The number of nitrogens with one attached hydrogen (secondary N) is 2. The molecule has 0 radical (unpaired) electrons. The predicted molar refractivity (Wildman–Crippen MR) is 88.1 cm³/mol. The minimum Gasteiger partial charge on any atom is -0.309 e. The van der Waals surface area contributed by atoms with E-state index in [1.807, 2.05) is 31.4 Å². The van der Waals surface area contributed by atoms with Crippen molar-refractivity contribution in [2.24, 2.45) is 0 Å². The summed E-state index contributed by atoms with van der Waals surface area (Å²) in [5.74, 6) is -0.112. The number of carbonyl (C=O) groups excluding carboxylic acids is 1. The van der Waals surface area contributed by atoms with Gasteiger partial charge >= 0.3 is 0 Å². The van der Waals surface area contributed by atoms with Crippen molar-refractivity contribution in [1.29, 1.82) is 0 Å². The van der Waals surface area contributed by atoms with E-state index in [2.05, 4.69) is 35.5 Å². The maximum absolute atomic E-state index is 12.3. The van der Waals surface area contributed by atoms with Crippen molar-refractivity contribution < 1.29 is 4.79 Å². The molecule has 21 heavy (non-hydrogen) atoms. The van der Waals surface area contributed by atoms with Crippen molar-refractivity contribution in [1.82, 2.24) is 10.3 Å². The molecule has 1 aromatic carbocycles. The van der Waals surface area contributed by atoms with Gasteiger partial charge in [-0.05, 0) is 39.4 Å². The maximum atomic E-state index is 12.3. The molecule has 1 aromatic heterocycles. The molecule has 2 rings (SSSR count). The fourth-order valence-electron chi connectivity index (χ4n) is 2.23. The topological polar surface area (TPSA) is 54.0 Å². The average Bonchev–Trinajstić information content (AvgIpc) is 2.86. The lowest BCUT2D eigenvalue weighted by Crippen LogP contribution is -2.18. The first-order chi connectivity index (χ1) is 9.99. The zero-order valence-electron chi connectivity index (χ0n) is 12.9. The summed E-state index contributed by atoms with van der Waals surface area (Å²) in [5.41, 5.74) is 3.79. The quantitative estimate of drug-likeness (QED) is 0.886. The minimum absolute atomic E-state index is 0.112. The van der Waals surface area contributed by atoms with Crippen LogP contribution in [0, 0.1) is 13.8 Å². The van der Waals surface area contributed by atoms with E-state index >= 15 is 0 Å². The normalized spacial score (nSPS) is 12.2. The number of aromatic nitrogens is 1. The van der Waals surface area contributed by atoms with E-state index in [0.717, 1.165) is 23.4 Å². The highest BCUT2D eigenvalue weighted by Gasteiger charge is 2.12. The zero-order valence-corrected chi connectivity index (χ0v) is 13.7. The Bertz CT molecular complexity index is 616. The number of rotatable bonds is 5. The van der Waals surface area contributed by atoms with Crippen molar-refractivity contribution >= 4 is 22.4 Å². The van der Waals surface area contributed by atoms with Crippen molar-refractivity contribution in [2.75, 3.05) is 11.9 Å². The largest absolute Gasteiger partial charge is 0.309 e. The second-order valence-electron chi connectivity index (χ2n) is 5.19. The number of benzene rings is 1. The molecule has 112 valence electrons. The Hall–Kier alpha value is -1.72. The van der Waals surface area contributed by atoms with E-state index in [1.54, 1.807) is 0 Å². The van der Waals surface area contributed by atoms with Crippen LogP contribution in [0.2, 0.25) is 0 Å². The Labute approximate surface area is 129 Å². The van der Waals surface area contributed by atoms with Gasteiger partial charge in [-0.1, -0.05) is 24.1 Å². The van der Waals surface area contributed by atoms with Crippen LogP contribution in [0.1, 0.15) is 47.1 Å². The first-order valence-electron chi connectivity index (χ1n) is 7.08. The van der Waals surface area contributed by atoms with Crippen molar-refractivity contribution in [2.45, 2.75) is 33.7 Å². The van der Waals surface area contributed by atoms with Gasteiger partial charge in [-0.3, -0.25) is 10.1 Å². The van der Waals surface area contributed by atoms with Crippen LogP contribution in [0.25, 0.3) is 0 Å². The van der Waals surface area contributed by atoms with Gasteiger partial charge in [0, 0.05) is 17.0 Å². The summed E-state index contributed by atoms with van der Waals surface area (Å²) in [6, 6.07) is 6.02. The monoisotopic (exact) mass is 303 g/mol. The molecule has 0 spiro atoms. The van der Waals surface area contributed by atoms with Crippen LogP contribution in [0.4, 0.5) is 5.13 Å². The number of thiazole rings is 1. The van der Waals surface area contributed by atoms with Crippen molar-refractivity contribution in [3.8, 4) is 0 Å². The van der Waals surface area contributed by atoms with Gasteiger partial charge in [0.2, 0.25) is 0 Å². The number of aryl methyl sites for hydroxylation is 2. The number of hydrogen-bond donors (Lipinski definition) is 2. The maximum Gasteiger partial charge on any atom is 0.257 e. The van der Waals surface area contributed by atoms with Gasteiger partial charge in [-0.25, -0.2) is 4.98 Å². The van der Waals surface area contributed by atoms with Gasteiger partial charge in [-0.2, -0.15) is 0 Å². The third-order valence-corrected chi connectivity index (χ3v) is 3.96. The number of hydrogen-bond acceptors (Lipinski definition) is 4. The lowest BCUT2D eigenvalue weighted by atomic mass is 10.1. The highest BCUT2D eigenvalue weighted by molar-refractivity contribution is 7.14. The van der Waals surface area contributed by atoms with Gasteiger partial charge in [-0.15, -0.1) is 11.3 Å². The van der Waals surface area contributed by atoms with Crippen LogP contribution in [0.3, 0.4) is 0 Å². The molecule has 0 aliphatic carbocycles. The summed E-state index contributed by atoms with van der Waals surface area (Å²) in [4.78, 5) is 16.7. The second kappa shape index (κ2) is 6.83. The molecular formula is C16H21N3OS. The van der Waals surface area contributed by atoms with E-state index in [-0.39, 0.29) is 11.9 Å². The van der Waals surface area contributed by atoms with Crippen LogP contribution in [-0.2, 0) is 0 Å². The minimum atomic E-state index is -0.112. The third kappa shape index (κ3) is 4.12. The first-order valence-corrected chi connectivity index (χ1v) is 7.96. The van der Waals surface area contributed by atoms with Crippen LogP contribution < -0.4 is 10.6 Å². The predicted octanol–water partition coefficient (Wildman–Crippen LogP) is 3.68. The third-order valence-electron chi connectivity index (χ3n) is 3.18. The fraction of sp³-hybridized carbons (Fsp3) is 0.375. The molecule has 1 atom stereocenters. The van der Waals surface area contributed by atoms with Crippen LogP contribution in [0.5, 0.6) is 0 Å². The van der Waals surface area contributed by atoms with Gasteiger partial charge in [0.25, 0.3) is 5.91 Å². The Morgan fingerprint density at radius 2 is 1.95 bits per heavy atom. The van der Waals surface area contributed by atoms with Gasteiger partial charge < -0.3 is 5.32 Å². The molecule has 0 aliphatic heterocycles. The van der Waals surface area contributed by atoms with Crippen molar-refractivity contribution in [3.05, 3.63) is 46.0 Å². The highest BCUT2D eigenvalue weighted by Crippen LogP contribution is 2.21. The first kappa shape index (κ1) is 15.7. The second-order valence-corrected chi connectivity index (χ2v) is 6.05. The highest BCUT2D eigenvalue weighted by atomic mass is 32.1. The molecule has 4 nitrogen and oxygen atoms in total. The Kier molecular flexibility index (Phi) is 5.09. The molecule has 1 heterocycles. The number of anilines is 1. The molecule has 0 aliphatic rings. The van der Waals surface area contributed by atoms with Crippen LogP contribution in [-0.4, -0.2) is 17.4 Å². The average molecular weight is 303 g/mol. The lowest BCUT2D eigenvalue weighted by molar-refractivity contribution is 0.102. The molecular weight excluding hydrogens is 282 g/mol. The zero-order chi connectivity index (χ0) is 15.4. The summed E-state index contributed by atoms with van der Waals surface area (Å²) >= 11 is 1.45. The molecule has 0 bridgehead atoms. The summed E-state index contributed by atoms with van der Waals surface area (Å²) in [6.07, 6.45) is 0. The summed E-state index contributed by atoms with van der Waals surface area (Å²) < 4.78 is 0. The van der Waals surface area contributed by atoms with E-state index in [1.165, 1.54) is 11.3 Å². The van der Waals surface area contributed by atoms with Crippen LogP contribution >= 0.6 is 11.3 Å². The Morgan fingerprint density at radius 3 is 2.57 bits per heavy atom. The SMILES string of the molecule is CCNC(C)c1csc(NC(=O)c2cc(C)cc(C)c2)n1. The smallest absolute Gasteiger partial charge is 0.257 e. The molecule has 2 N–H and O–H groups in total. The summed E-state index contributed by atoms with van der Waals surface area (Å²) in [7, 11) is 0. The molecule has 0 saturated carbocycles. The van der Waals surface area contributed by atoms with E-state index in [0.29, 0.717) is 10.7 Å². The standard InChI is InChI=1S/C16H21N3OS/c1-5-17-12(4)14-9-21-16(18-14)19-15(20)13-7-10(2)6-11(3)8-13/h6-9,12,17H,5H2,1-4H3,(H,18,19,20). The molecule has 0 saturated heterocycles. The van der Waals surface area contributed by atoms with E-state index < -0.39 is 0 Å². The number of carbonyl (C=O) groups is 1. The molecule has 1 unspecified atom stereocenters. The molecule has 1 amide bonds. The number of amides is 1. The van der Waals surface area contributed by atoms with E-state index in [9.17, 15) is 4.79 Å². The van der Waals surface area contributed by atoms with Gasteiger partial charge in [0.1, 0.15) is 0 Å². The number of nitrogens with zero attached hydrogens (tertiary/aromatic N) is 1. The molecule has 2 aromatic rings. The Balaban J connectivity index is 2.09. The molecule has 0 fully saturated rings. The van der Waals surface area contributed by atoms with Gasteiger partial charge in [0.05, 0.1) is 5.69 Å². The van der Waals surface area contributed by atoms with Crippen molar-refractivity contribution in [3.63, 3.8) is 0 Å². The summed E-state index contributed by atoms with van der Waals surface area (Å²) in [5, 5.41) is 8.79. The lowest BCUT2D eigenvalue weighted by Gasteiger charge is -2.08. The Morgan fingerprint density at radius 1 is 1.29 bits per heavy atom. The van der Waals surface area contributed by atoms with Gasteiger partial charge in [0.15, 0.2) is 5.13 Å². The van der Waals surface area contributed by atoms with E-state index in [4.69, 9.17) is 0 Å².